The maximum absolute atomic E-state index is 13.2. The normalized spacial score (nSPS) is 22.7. The third-order valence-corrected chi connectivity index (χ3v) is 5.20. The Labute approximate surface area is 168 Å². The summed E-state index contributed by atoms with van der Waals surface area (Å²) in [5, 5.41) is 10.6. The molecule has 0 radical (unpaired) electrons. The number of carbonyl (C=O) groups is 3. The molecule has 1 fully saturated rings. The molecule has 1 aromatic rings. The van der Waals surface area contributed by atoms with Crippen molar-refractivity contribution in [2.24, 2.45) is 5.41 Å². The van der Waals surface area contributed by atoms with Crippen molar-refractivity contribution in [3.05, 3.63) is 41.2 Å². The zero-order chi connectivity index (χ0) is 21.4. The number of allylic oxidation sites excluding steroid dienone is 1. The number of esters is 3. The lowest BCUT2D eigenvalue weighted by Gasteiger charge is -2.46. The fraction of sp³-hybridized carbons (Fsp3) is 0.476. The maximum atomic E-state index is 13.2. The number of aliphatic hydroxyl groups is 1. The molecule has 29 heavy (non-hydrogen) atoms. The number of aliphatic hydroxyl groups excluding tert-OH is 1. The summed E-state index contributed by atoms with van der Waals surface area (Å²) in [6.07, 6.45) is -0.164. The van der Waals surface area contributed by atoms with E-state index in [-0.39, 0.29) is 30.8 Å². The van der Waals surface area contributed by atoms with Gasteiger partial charge in [-0.05, 0) is 19.4 Å². The predicted molar refractivity (Wildman–Crippen MR) is 100.0 cm³/mol. The number of benzene rings is 1. The van der Waals surface area contributed by atoms with Gasteiger partial charge < -0.3 is 24.1 Å². The maximum Gasteiger partial charge on any atom is 0.338 e. The highest BCUT2D eigenvalue weighted by Crippen LogP contribution is 2.55. The molecule has 1 aliphatic carbocycles. The van der Waals surface area contributed by atoms with Crippen LogP contribution >= 0.6 is 0 Å². The molecule has 1 aliphatic heterocycles. The van der Waals surface area contributed by atoms with Crippen molar-refractivity contribution in [3.8, 4) is 5.75 Å². The van der Waals surface area contributed by atoms with Gasteiger partial charge in [-0.1, -0.05) is 18.2 Å². The van der Waals surface area contributed by atoms with Crippen molar-refractivity contribution in [1.82, 2.24) is 0 Å². The molecule has 0 saturated carbocycles. The SMILES string of the molecule is CCOC(=O)C1=C(O)CCC2(C(=O)OC(C)(C)OC2=O)[C@H]1c1ccccc1OC. The molecule has 0 unspecified atom stereocenters. The summed E-state index contributed by atoms with van der Waals surface area (Å²) < 4.78 is 21.3. The summed E-state index contributed by atoms with van der Waals surface area (Å²) in [6.45, 7) is 4.59. The monoisotopic (exact) mass is 404 g/mol. The summed E-state index contributed by atoms with van der Waals surface area (Å²) >= 11 is 0. The summed E-state index contributed by atoms with van der Waals surface area (Å²) in [6, 6.07) is 6.67. The van der Waals surface area contributed by atoms with Crippen LogP contribution in [0.25, 0.3) is 0 Å². The molecule has 0 amide bonds. The van der Waals surface area contributed by atoms with Crippen molar-refractivity contribution in [2.45, 2.75) is 45.3 Å². The zero-order valence-corrected chi connectivity index (χ0v) is 16.8. The second-order valence-corrected chi connectivity index (χ2v) is 7.41. The number of hydrogen-bond acceptors (Lipinski definition) is 8. The Morgan fingerprint density at radius 3 is 2.41 bits per heavy atom. The molecule has 0 bridgehead atoms. The van der Waals surface area contributed by atoms with Gasteiger partial charge in [-0.25, -0.2) is 4.79 Å². The minimum absolute atomic E-state index is 0.0587. The largest absolute Gasteiger partial charge is 0.512 e. The van der Waals surface area contributed by atoms with Crippen molar-refractivity contribution in [3.63, 3.8) is 0 Å². The molecule has 8 heteroatoms. The van der Waals surface area contributed by atoms with Gasteiger partial charge in [0.05, 0.1) is 25.2 Å². The van der Waals surface area contributed by atoms with Crippen molar-refractivity contribution in [2.75, 3.05) is 13.7 Å². The van der Waals surface area contributed by atoms with Gasteiger partial charge in [-0.15, -0.1) is 0 Å². The van der Waals surface area contributed by atoms with E-state index in [9.17, 15) is 19.5 Å². The van der Waals surface area contributed by atoms with Crippen LogP contribution in [0.3, 0.4) is 0 Å². The first-order chi connectivity index (χ1) is 13.7. The lowest BCUT2D eigenvalue weighted by atomic mass is 9.62. The first-order valence-corrected chi connectivity index (χ1v) is 9.37. The lowest BCUT2D eigenvalue weighted by molar-refractivity contribution is -0.253. The Balaban J connectivity index is 2.28. The molecule has 0 aromatic heterocycles. The third kappa shape index (κ3) is 3.32. The van der Waals surface area contributed by atoms with Crippen LogP contribution in [0, 0.1) is 5.41 Å². The molecule has 1 spiro atoms. The van der Waals surface area contributed by atoms with E-state index in [2.05, 4.69) is 0 Å². The molecule has 1 saturated heterocycles. The molecular formula is C21H24O8. The van der Waals surface area contributed by atoms with Gasteiger partial charge in [-0.2, -0.15) is 0 Å². The average Bonchev–Trinajstić information content (AvgIpc) is 2.66. The highest BCUT2D eigenvalue weighted by molar-refractivity contribution is 6.06. The fourth-order valence-corrected chi connectivity index (χ4v) is 3.95. The molecule has 1 N–H and O–H groups in total. The standard InChI is InChI=1S/C21H24O8/c1-5-27-17(23)15-13(22)10-11-21(18(24)28-20(2,3)29-19(21)25)16(15)12-8-6-7-9-14(12)26-4/h6-9,16,22H,5,10-11H2,1-4H3/t16-/m0/s1. The van der Waals surface area contributed by atoms with E-state index >= 15 is 0 Å². The van der Waals surface area contributed by atoms with E-state index in [0.29, 0.717) is 11.3 Å². The smallest absolute Gasteiger partial charge is 0.338 e. The number of para-hydroxylation sites is 1. The Morgan fingerprint density at radius 2 is 1.83 bits per heavy atom. The van der Waals surface area contributed by atoms with Crippen LogP contribution in [0.5, 0.6) is 5.75 Å². The number of methoxy groups -OCH3 is 1. The van der Waals surface area contributed by atoms with Gasteiger partial charge in [-0.3, -0.25) is 9.59 Å². The Morgan fingerprint density at radius 1 is 1.21 bits per heavy atom. The molecule has 2 aliphatic rings. The number of carbonyl (C=O) groups excluding carboxylic acids is 3. The van der Waals surface area contributed by atoms with Gasteiger partial charge in [0.15, 0.2) is 5.41 Å². The predicted octanol–water partition coefficient (Wildman–Crippen LogP) is 2.77. The average molecular weight is 404 g/mol. The summed E-state index contributed by atoms with van der Waals surface area (Å²) in [7, 11) is 1.43. The Hall–Kier alpha value is -3.03. The van der Waals surface area contributed by atoms with Crippen LogP contribution in [0.15, 0.2) is 35.6 Å². The first-order valence-electron chi connectivity index (χ1n) is 9.37. The van der Waals surface area contributed by atoms with Gasteiger partial charge in [0.2, 0.25) is 0 Å². The van der Waals surface area contributed by atoms with Crippen molar-refractivity contribution < 1.29 is 38.4 Å². The van der Waals surface area contributed by atoms with E-state index in [1.807, 2.05) is 0 Å². The van der Waals surface area contributed by atoms with Crippen molar-refractivity contribution >= 4 is 17.9 Å². The fourth-order valence-electron chi connectivity index (χ4n) is 3.95. The zero-order valence-electron chi connectivity index (χ0n) is 16.8. The lowest BCUT2D eigenvalue weighted by Crippen LogP contribution is -2.58. The quantitative estimate of drug-likeness (QED) is 0.603. The molecule has 8 nitrogen and oxygen atoms in total. The van der Waals surface area contributed by atoms with E-state index in [4.69, 9.17) is 18.9 Å². The van der Waals surface area contributed by atoms with E-state index < -0.39 is 35.0 Å². The number of ether oxygens (including phenoxy) is 4. The molecule has 156 valence electrons. The van der Waals surface area contributed by atoms with Crippen LogP contribution in [-0.2, 0) is 28.6 Å². The van der Waals surface area contributed by atoms with Crippen LogP contribution in [0.1, 0.15) is 45.1 Å². The molecule has 1 heterocycles. The second-order valence-electron chi connectivity index (χ2n) is 7.41. The van der Waals surface area contributed by atoms with E-state index in [0.717, 1.165) is 0 Å². The summed E-state index contributed by atoms with van der Waals surface area (Å²) in [5.41, 5.74) is -1.65. The Kier molecular flexibility index (Phi) is 5.30. The Bertz CT molecular complexity index is 862. The molecule has 1 atom stereocenters. The van der Waals surface area contributed by atoms with Crippen molar-refractivity contribution in [1.29, 1.82) is 0 Å². The third-order valence-electron chi connectivity index (χ3n) is 5.20. The highest BCUT2D eigenvalue weighted by Gasteiger charge is 2.64. The summed E-state index contributed by atoms with van der Waals surface area (Å²) in [4.78, 5) is 39.2. The van der Waals surface area contributed by atoms with E-state index in [1.165, 1.54) is 21.0 Å². The van der Waals surface area contributed by atoms with Crippen LogP contribution in [-0.4, -0.2) is 42.5 Å². The summed E-state index contributed by atoms with van der Waals surface area (Å²) in [5.74, 6) is -4.96. The van der Waals surface area contributed by atoms with Gasteiger partial charge >= 0.3 is 17.9 Å². The number of rotatable bonds is 4. The highest BCUT2D eigenvalue weighted by atomic mass is 16.7. The van der Waals surface area contributed by atoms with Crippen LogP contribution < -0.4 is 4.74 Å². The first kappa shape index (κ1) is 20.7. The molecule has 3 rings (SSSR count). The minimum Gasteiger partial charge on any atom is -0.512 e. The topological polar surface area (TPSA) is 108 Å². The van der Waals surface area contributed by atoms with Crippen LogP contribution in [0.4, 0.5) is 0 Å². The molecular weight excluding hydrogens is 380 g/mol. The number of hydrogen-bond donors (Lipinski definition) is 1. The minimum atomic E-state index is -1.85. The second kappa shape index (κ2) is 7.42. The number of cyclic esters (lactones) is 2. The van der Waals surface area contributed by atoms with Crippen LogP contribution in [0.2, 0.25) is 0 Å². The van der Waals surface area contributed by atoms with Gasteiger partial charge in [0.1, 0.15) is 11.5 Å². The van der Waals surface area contributed by atoms with Gasteiger partial charge in [0.25, 0.3) is 5.79 Å². The molecule has 1 aromatic carbocycles. The van der Waals surface area contributed by atoms with E-state index in [1.54, 1.807) is 31.2 Å². The van der Waals surface area contributed by atoms with Gasteiger partial charge in [0, 0.05) is 25.8 Å².